The first-order chi connectivity index (χ1) is 16.2. The van der Waals surface area contributed by atoms with Gasteiger partial charge in [0.15, 0.2) is 0 Å². The Balaban J connectivity index is 1.93. The topological polar surface area (TPSA) is 125 Å². The van der Waals surface area contributed by atoms with Gasteiger partial charge in [-0.3, -0.25) is 24.0 Å². The number of rotatable bonds is 5. The monoisotopic (exact) mass is 462 g/mol. The van der Waals surface area contributed by atoms with Gasteiger partial charge in [-0.15, -0.1) is 0 Å². The number of nitro groups is 1. The van der Waals surface area contributed by atoms with Gasteiger partial charge in [0, 0.05) is 31.4 Å². The molecule has 0 radical (unpaired) electrons. The Morgan fingerprint density at radius 3 is 2.38 bits per heavy atom. The van der Waals surface area contributed by atoms with Crippen molar-refractivity contribution < 1.29 is 14.5 Å². The quantitative estimate of drug-likeness (QED) is 0.351. The summed E-state index contributed by atoms with van der Waals surface area (Å²) < 4.78 is 7.70. The lowest BCUT2D eigenvalue weighted by atomic mass is 9.81. The lowest BCUT2D eigenvalue weighted by Gasteiger charge is -2.30. The van der Waals surface area contributed by atoms with Crippen molar-refractivity contribution in [1.82, 2.24) is 9.13 Å². The lowest BCUT2D eigenvalue weighted by molar-refractivity contribution is -0.385. The number of nitrogens with one attached hydrogen (secondary N) is 1. The molecule has 174 valence electrons. The average molecular weight is 462 g/mol. The Morgan fingerprint density at radius 2 is 1.71 bits per heavy atom. The van der Waals surface area contributed by atoms with E-state index in [0.29, 0.717) is 5.70 Å². The number of benzene rings is 2. The highest BCUT2D eigenvalue weighted by molar-refractivity contribution is 5.94. The molecule has 10 nitrogen and oxygen atoms in total. The second-order valence-electron chi connectivity index (χ2n) is 7.94. The van der Waals surface area contributed by atoms with Crippen molar-refractivity contribution in [3.63, 3.8) is 0 Å². The van der Waals surface area contributed by atoms with Gasteiger partial charge >= 0.3 is 11.7 Å². The number of nitro benzene ring substituents is 1. The minimum absolute atomic E-state index is 0.0157. The summed E-state index contributed by atoms with van der Waals surface area (Å²) in [6, 6.07) is 15.0. The predicted octanol–water partition coefficient (Wildman–Crippen LogP) is 2.57. The van der Waals surface area contributed by atoms with E-state index < -0.39 is 28.1 Å². The molecular formula is C24H22N4O6. The van der Waals surface area contributed by atoms with Crippen molar-refractivity contribution in [3.05, 3.63) is 114 Å². The first-order valence-corrected chi connectivity index (χ1v) is 10.4. The second-order valence-corrected chi connectivity index (χ2v) is 7.94. The van der Waals surface area contributed by atoms with Crippen LogP contribution in [0.2, 0.25) is 0 Å². The minimum atomic E-state index is -1.12. The van der Waals surface area contributed by atoms with E-state index >= 15 is 0 Å². The third-order valence-electron chi connectivity index (χ3n) is 5.86. The molecule has 3 aromatic rings. The fourth-order valence-corrected chi connectivity index (χ4v) is 4.17. The van der Waals surface area contributed by atoms with Crippen molar-refractivity contribution in [2.45, 2.75) is 19.4 Å². The van der Waals surface area contributed by atoms with Gasteiger partial charge in [-0.25, -0.2) is 9.59 Å². The number of carbonyl (C=O) groups is 1. The van der Waals surface area contributed by atoms with E-state index in [0.717, 1.165) is 10.1 Å². The van der Waals surface area contributed by atoms with Crippen LogP contribution in [-0.4, -0.2) is 20.0 Å². The number of carbonyl (C=O) groups excluding carboxylic acids is 1. The molecule has 1 atom stereocenters. The SMILES string of the molecule is CC1=C(C(=O)OCc2ccccc2)C(c2ccccc2[N+](=O)[O-])c2c(n(C)c(=O)n(C)c2=O)N1. The summed E-state index contributed by atoms with van der Waals surface area (Å²) in [6.45, 7) is 1.59. The maximum Gasteiger partial charge on any atom is 0.337 e. The Morgan fingerprint density at radius 1 is 1.06 bits per heavy atom. The molecule has 1 aliphatic heterocycles. The van der Waals surface area contributed by atoms with Gasteiger partial charge in [-0.1, -0.05) is 48.5 Å². The molecule has 0 saturated heterocycles. The highest BCUT2D eigenvalue weighted by Gasteiger charge is 2.40. The van der Waals surface area contributed by atoms with Crippen LogP contribution in [0.1, 0.15) is 29.5 Å². The number of hydrogen-bond acceptors (Lipinski definition) is 7. The Hall–Kier alpha value is -4.47. The maximum absolute atomic E-state index is 13.3. The molecule has 0 saturated carbocycles. The summed E-state index contributed by atoms with van der Waals surface area (Å²) in [4.78, 5) is 50.4. The van der Waals surface area contributed by atoms with Crippen LogP contribution in [0.4, 0.5) is 11.5 Å². The van der Waals surface area contributed by atoms with Crippen molar-refractivity contribution in [2.24, 2.45) is 14.1 Å². The van der Waals surface area contributed by atoms with Crippen LogP contribution in [0, 0.1) is 10.1 Å². The van der Waals surface area contributed by atoms with E-state index in [2.05, 4.69) is 5.32 Å². The van der Waals surface area contributed by atoms with Crippen LogP contribution >= 0.6 is 0 Å². The molecule has 10 heteroatoms. The summed E-state index contributed by atoms with van der Waals surface area (Å²) in [5.74, 6) is -1.67. The van der Waals surface area contributed by atoms with E-state index in [1.54, 1.807) is 25.1 Å². The Labute approximate surface area is 193 Å². The van der Waals surface area contributed by atoms with E-state index in [-0.39, 0.29) is 34.8 Å². The van der Waals surface area contributed by atoms with Crippen LogP contribution in [0.3, 0.4) is 0 Å². The zero-order chi connectivity index (χ0) is 24.6. The number of ether oxygens (including phenoxy) is 1. The molecule has 0 bridgehead atoms. The predicted molar refractivity (Wildman–Crippen MR) is 124 cm³/mol. The number of esters is 1. The van der Waals surface area contributed by atoms with Gasteiger partial charge in [0.25, 0.3) is 11.2 Å². The molecule has 0 amide bonds. The molecule has 2 heterocycles. The van der Waals surface area contributed by atoms with Gasteiger partial charge < -0.3 is 10.1 Å². The number of hydrogen-bond donors (Lipinski definition) is 1. The average Bonchev–Trinajstić information content (AvgIpc) is 2.84. The lowest BCUT2D eigenvalue weighted by Crippen LogP contribution is -2.43. The number of para-hydroxylation sites is 1. The molecule has 0 aliphatic carbocycles. The molecule has 2 aromatic carbocycles. The van der Waals surface area contributed by atoms with Crippen LogP contribution in [0.15, 0.2) is 75.5 Å². The number of allylic oxidation sites excluding steroid dienone is 1. The largest absolute Gasteiger partial charge is 0.457 e. The number of aromatic nitrogens is 2. The summed E-state index contributed by atoms with van der Waals surface area (Å²) in [7, 11) is 2.80. The normalized spacial score (nSPS) is 14.9. The number of anilines is 1. The van der Waals surface area contributed by atoms with Crippen LogP contribution < -0.4 is 16.6 Å². The van der Waals surface area contributed by atoms with Crippen LogP contribution in [0.25, 0.3) is 0 Å². The van der Waals surface area contributed by atoms with Gasteiger partial charge in [-0.2, -0.15) is 0 Å². The molecule has 0 fully saturated rings. The Bertz CT molecular complexity index is 1450. The van der Waals surface area contributed by atoms with Crippen molar-refractivity contribution in [3.8, 4) is 0 Å². The van der Waals surface area contributed by atoms with Crippen molar-refractivity contribution >= 4 is 17.5 Å². The van der Waals surface area contributed by atoms with Gasteiger partial charge in [0.2, 0.25) is 0 Å². The number of nitrogens with zero attached hydrogens (tertiary/aromatic N) is 3. The molecule has 1 unspecified atom stereocenters. The molecule has 0 spiro atoms. The Kier molecular flexibility index (Phi) is 5.89. The second kappa shape index (κ2) is 8.81. The van der Waals surface area contributed by atoms with E-state index in [9.17, 15) is 24.5 Å². The number of fused-ring (bicyclic) bond motifs is 1. The highest BCUT2D eigenvalue weighted by atomic mass is 16.6. The molecule has 1 N–H and O–H groups in total. The van der Waals surface area contributed by atoms with Crippen molar-refractivity contribution in [1.29, 1.82) is 0 Å². The smallest absolute Gasteiger partial charge is 0.337 e. The highest BCUT2D eigenvalue weighted by Crippen LogP contribution is 2.43. The summed E-state index contributed by atoms with van der Waals surface area (Å²) in [5, 5.41) is 14.8. The third kappa shape index (κ3) is 3.79. The fraction of sp³-hybridized carbons (Fsp3) is 0.208. The summed E-state index contributed by atoms with van der Waals surface area (Å²) in [6.07, 6.45) is 0. The standard InChI is InChI=1S/C24H22N4O6/c1-14-18(23(30)34-13-15-9-5-4-6-10-15)19(16-11-7-8-12-17(16)28(32)33)20-21(25-14)26(2)24(31)27(3)22(20)29/h4-12,19,25H,13H2,1-3H3. The van der Waals surface area contributed by atoms with E-state index in [1.165, 1.54) is 36.9 Å². The van der Waals surface area contributed by atoms with Crippen LogP contribution in [-0.2, 0) is 30.2 Å². The summed E-state index contributed by atoms with van der Waals surface area (Å²) in [5.41, 5.74) is -0.120. The molecule has 1 aliphatic rings. The zero-order valence-electron chi connectivity index (χ0n) is 18.8. The van der Waals surface area contributed by atoms with Gasteiger partial charge in [-0.05, 0) is 12.5 Å². The maximum atomic E-state index is 13.3. The van der Waals surface area contributed by atoms with Gasteiger partial charge in [0.05, 0.1) is 22.0 Å². The third-order valence-corrected chi connectivity index (χ3v) is 5.86. The van der Waals surface area contributed by atoms with E-state index in [1.807, 2.05) is 18.2 Å². The van der Waals surface area contributed by atoms with Gasteiger partial charge in [0.1, 0.15) is 12.4 Å². The van der Waals surface area contributed by atoms with Crippen molar-refractivity contribution in [2.75, 3.05) is 5.32 Å². The first-order valence-electron chi connectivity index (χ1n) is 10.4. The molecular weight excluding hydrogens is 440 g/mol. The molecule has 4 rings (SSSR count). The van der Waals surface area contributed by atoms with Crippen LogP contribution in [0.5, 0.6) is 0 Å². The molecule has 1 aromatic heterocycles. The summed E-state index contributed by atoms with van der Waals surface area (Å²) >= 11 is 0. The first kappa shape index (κ1) is 22.7. The van der Waals surface area contributed by atoms with E-state index in [4.69, 9.17) is 4.74 Å². The minimum Gasteiger partial charge on any atom is -0.457 e. The fourth-order valence-electron chi connectivity index (χ4n) is 4.17. The zero-order valence-corrected chi connectivity index (χ0v) is 18.8. The molecule has 34 heavy (non-hydrogen) atoms.